The molecule has 0 bridgehead atoms. The van der Waals surface area contributed by atoms with Gasteiger partial charge in [0.1, 0.15) is 0 Å². The zero-order chi connectivity index (χ0) is 12.3. The summed E-state index contributed by atoms with van der Waals surface area (Å²) in [4.78, 5) is 20.5. The lowest BCUT2D eigenvalue weighted by atomic mass is 10.1. The van der Waals surface area contributed by atoms with Crippen LogP contribution >= 0.6 is 0 Å². The van der Waals surface area contributed by atoms with E-state index in [1.54, 1.807) is 6.92 Å². The van der Waals surface area contributed by atoms with Crippen LogP contribution in [0.1, 0.15) is 25.5 Å². The van der Waals surface area contributed by atoms with Crippen LogP contribution in [-0.4, -0.2) is 10.8 Å². The van der Waals surface area contributed by atoms with E-state index in [0.29, 0.717) is 5.56 Å². The van der Waals surface area contributed by atoms with Crippen LogP contribution in [0.25, 0.3) is 0 Å². The standard InChI is InChI=1S/C10H11FN2O3/c1-6(12-7(2)14)8-3-4-9(11)10(5-8)13(15)16/h3-6H,1-2H3,(H,12,14). The summed E-state index contributed by atoms with van der Waals surface area (Å²) in [5.74, 6) is -1.14. The first-order valence-electron chi connectivity index (χ1n) is 4.62. The van der Waals surface area contributed by atoms with Crippen molar-refractivity contribution in [2.75, 3.05) is 0 Å². The highest BCUT2D eigenvalue weighted by Crippen LogP contribution is 2.22. The highest BCUT2D eigenvalue weighted by molar-refractivity contribution is 5.73. The van der Waals surface area contributed by atoms with Crippen molar-refractivity contribution in [1.82, 2.24) is 5.32 Å². The molecule has 0 radical (unpaired) electrons. The van der Waals surface area contributed by atoms with E-state index in [4.69, 9.17) is 0 Å². The lowest BCUT2D eigenvalue weighted by Gasteiger charge is -2.12. The molecule has 1 amide bonds. The second kappa shape index (κ2) is 4.69. The van der Waals surface area contributed by atoms with Crippen molar-refractivity contribution >= 4 is 11.6 Å². The maximum Gasteiger partial charge on any atom is 0.305 e. The Kier molecular flexibility index (Phi) is 3.55. The molecule has 1 unspecified atom stereocenters. The van der Waals surface area contributed by atoms with Crippen LogP contribution in [0.4, 0.5) is 10.1 Å². The number of nitrogens with one attached hydrogen (secondary N) is 1. The fourth-order valence-corrected chi connectivity index (χ4v) is 1.33. The van der Waals surface area contributed by atoms with Gasteiger partial charge in [0, 0.05) is 13.0 Å². The van der Waals surface area contributed by atoms with Crippen LogP contribution < -0.4 is 5.32 Å². The molecule has 0 fully saturated rings. The van der Waals surface area contributed by atoms with Gasteiger partial charge in [-0.15, -0.1) is 0 Å². The molecule has 0 aromatic heterocycles. The second-order valence-electron chi connectivity index (χ2n) is 3.39. The van der Waals surface area contributed by atoms with Gasteiger partial charge >= 0.3 is 5.69 Å². The summed E-state index contributed by atoms with van der Waals surface area (Å²) in [6.45, 7) is 3.01. The van der Waals surface area contributed by atoms with Gasteiger partial charge in [0.25, 0.3) is 0 Å². The molecule has 1 rings (SSSR count). The van der Waals surface area contributed by atoms with Gasteiger partial charge in [-0.25, -0.2) is 0 Å². The van der Waals surface area contributed by atoms with E-state index >= 15 is 0 Å². The Morgan fingerprint density at radius 2 is 2.19 bits per heavy atom. The van der Waals surface area contributed by atoms with Crippen molar-refractivity contribution in [2.45, 2.75) is 19.9 Å². The summed E-state index contributed by atoms with van der Waals surface area (Å²) in [6.07, 6.45) is 0. The predicted molar refractivity (Wildman–Crippen MR) is 55.3 cm³/mol. The van der Waals surface area contributed by atoms with Crippen molar-refractivity contribution in [3.05, 3.63) is 39.7 Å². The molecule has 0 aliphatic rings. The van der Waals surface area contributed by atoms with Crippen molar-refractivity contribution in [3.63, 3.8) is 0 Å². The van der Waals surface area contributed by atoms with E-state index in [1.165, 1.54) is 13.0 Å². The SMILES string of the molecule is CC(=O)NC(C)c1ccc(F)c([N+](=O)[O-])c1. The molecule has 1 aromatic carbocycles. The number of benzene rings is 1. The molecule has 86 valence electrons. The van der Waals surface area contributed by atoms with Crippen LogP contribution in [0.5, 0.6) is 0 Å². The van der Waals surface area contributed by atoms with Gasteiger partial charge in [-0.05, 0) is 18.6 Å². The zero-order valence-corrected chi connectivity index (χ0v) is 8.86. The number of amides is 1. The topological polar surface area (TPSA) is 72.2 Å². The Hall–Kier alpha value is -1.98. The number of halogens is 1. The Balaban J connectivity index is 3.02. The number of carbonyl (C=O) groups excluding carboxylic acids is 1. The highest BCUT2D eigenvalue weighted by atomic mass is 19.1. The average molecular weight is 226 g/mol. The fraction of sp³-hybridized carbons (Fsp3) is 0.300. The van der Waals surface area contributed by atoms with Gasteiger partial charge in [0.05, 0.1) is 11.0 Å². The fourth-order valence-electron chi connectivity index (χ4n) is 1.33. The van der Waals surface area contributed by atoms with Crippen molar-refractivity contribution in [1.29, 1.82) is 0 Å². The molecule has 0 saturated carbocycles. The first-order chi connectivity index (χ1) is 7.41. The first kappa shape index (κ1) is 12.1. The lowest BCUT2D eigenvalue weighted by Crippen LogP contribution is -2.23. The quantitative estimate of drug-likeness (QED) is 0.632. The number of hydrogen-bond donors (Lipinski definition) is 1. The molecular formula is C10H11FN2O3. The molecule has 1 atom stereocenters. The van der Waals surface area contributed by atoms with E-state index < -0.39 is 22.5 Å². The van der Waals surface area contributed by atoms with Gasteiger partial charge in [-0.2, -0.15) is 4.39 Å². The van der Waals surface area contributed by atoms with Crippen LogP contribution in [0.2, 0.25) is 0 Å². The number of carbonyl (C=O) groups is 1. The molecule has 5 nitrogen and oxygen atoms in total. The molecule has 1 N–H and O–H groups in total. The minimum Gasteiger partial charge on any atom is -0.350 e. The van der Waals surface area contributed by atoms with Gasteiger partial charge in [-0.3, -0.25) is 14.9 Å². The molecular weight excluding hydrogens is 215 g/mol. The number of nitro benzene ring substituents is 1. The van der Waals surface area contributed by atoms with Crippen molar-refractivity contribution < 1.29 is 14.1 Å². The van der Waals surface area contributed by atoms with E-state index in [0.717, 1.165) is 12.1 Å². The van der Waals surface area contributed by atoms with Gasteiger partial charge in [0.2, 0.25) is 11.7 Å². The molecule has 16 heavy (non-hydrogen) atoms. The molecule has 0 aliphatic carbocycles. The van der Waals surface area contributed by atoms with Gasteiger partial charge in [0.15, 0.2) is 0 Å². The minimum absolute atomic E-state index is 0.250. The van der Waals surface area contributed by atoms with Crippen LogP contribution in [0.15, 0.2) is 18.2 Å². The third-order valence-corrected chi connectivity index (χ3v) is 2.09. The Labute approximate surface area is 91.4 Å². The van der Waals surface area contributed by atoms with E-state index in [9.17, 15) is 19.3 Å². The molecule has 0 spiro atoms. The summed E-state index contributed by atoms with van der Waals surface area (Å²) >= 11 is 0. The average Bonchev–Trinajstić information content (AvgIpc) is 2.16. The van der Waals surface area contributed by atoms with Crippen molar-refractivity contribution in [3.8, 4) is 0 Å². The number of nitro groups is 1. The largest absolute Gasteiger partial charge is 0.350 e. The minimum atomic E-state index is -0.885. The third-order valence-electron chi connectivity index (χ3n) is 2.09. The molecule has 0 heterocycles. The summed E-state index contributed by atoms with van der Waals surface area (Å²) in [7, 11) is 0. The maximum atomic E-state index is 13.0. The Bertz CT molecular complexity index is 434. The lowest BCUT2D eigenvalue weighted by molar-refractivity contribution is -0.387. The summed E-state index contributed by atoms with van der Waals surface area (Å²) < 4.78 is 13.0. The zero-order valence-electron chi connectivity index (χ0n) is 8.86. The Morgan fingerprint density at radius 3 is 2.69 bits per heavy atom. The predicted octanol–water partition coefficient (Wildman–Crippen LogP) is 1.93. The van der Waals surface area contributed by atoms with Gasteiger partial charge in [-0.1, -0.05) is 6.07 Å². The summed E-state index contributed by atoms with van der Waals surface area (Å²) in [5, 5.41) is 13.1. The number of nitrogens with zero attached hydrogens (tertiary/aromatic N) is 1. The van der Waals surface area contributed by atoms with E-state index in [2.05, 4.69) is 5.32 Å². The highest BCUT2D eigenvalue weighted by Gasteiger charge is 2.17. The normalized spacial score (nSPS) is 11.9. The maximum absolute atomic E-state index is 13.0. The summed E-state index contributed by atoms with van der Waals surface area (Å²) in [5.41, 5.74) is -0.0991. The number of rotatable bonds is 3. The third kappa shape index (κ3) is 2.75. The van der Waals surface area contributed by atoms with Crippen LogP contribution in [-0.2, 0) is 4.79 Å². The van der Waals surface area contributed by atoms with E-state index in [-0.39, 0.29) is 5.91 Å². The first-order valence-corrected chi connectivity index (χ1v) is 4.62. The smallest absolute Gasteiger partial charge is 0.305 e. The van der Waals surface area contributed by atoms with Crippen LogP contribution in [0.3, 0.4) is 0 Å². The van der Waals surface area contributed by atoms with Gasteiger partial charge < -0.3 is 5.32 Å². The molecule has 0 aliphatic heterocycles. The molecule has 6 heteroatoms. The molecule has 0 saturated heterocycles. The molecule has 1 aromatic rings. The van der Waals surface area contributed by atoms with Crippen LogP contribution in [0, 0.1) is 15.9 Å². The second-order valence-corrected chi connectivity index (χ2v) is 3.39. The van der Waals surface area contributed by atoms with E-state index in [1.807, 2.05) is 0 Å². The summed E-state index contributed by atoms with van der Waals surface area (Å²) in [6, 6.07) is 3.15. The monoisotopic (exact) mass is 226 g/mol. The Morgan fingerprint density at radius 1 is 1.56 bits per heavy atom. The van der Waals surface area contributed by atoms with Crippen molar-refractivity contribution in [2.24, 2.45) is 0 Å². The number of hydrogen-bond acceptors (Lipinski definition) is 3.